The monoisotopic (exact) mass is 1220 g/mol. The van der Waals surface area contributed by atoms with Crippen molar-refractivity contribution in [1.29, 1.82) is 0 Å². The fourth-order valence-corrected chi connectivity index (χ4v) is 12.0. The molecule has 1 aliphatic heterocycles. The Morgan fingerprint density at radius 3 is 1.38 bits per heavy atom. The Morgan fingerprint density at radius 1 is 0.547 bits per heavy atom. The quantitative estimate of drug-likeness (QED) is 0.0701. The molecule has 1 N–H and O–H groups in total. The van der Waals surface area contributed by atoms with Crippen molar-refractivity contribution in [2.45, 2.75) is 82.3 Å². The molecule has 9 aromatic rings. The first-order chi connectivity index (χ1) is 41.0. The first-order valence-corrected chi connectivity index (χ1v) is 29.0. The van der Waals surface area contributed by atoms with Gasteiger partial charge in [-0.3, -0.25) is 9.59 Å². The lowest BCUT2D eigenvalue weighted by molar-refractivity contribution is -0.138. The van der Waals surface area contributed by atoms with Crippen molar-refractivity contribution in [1.82, 2.24) is 15.2 Å². The zero-order valence-electron chi connectivity index (χ0n) is 44.8. The maximum Gasteiger partial charge on any atom is 0.416 e. The van der Waals surface area contributed by atoms with Crippen LogP contribution in [0.3, 0.4) is 0 Å². The Bertz CT molecular complexity index is 4000. The van der Waals surface area contributed by atoms with E-state index in [0.29, 0.717) is 51.6 Å². The largest absolute Gasteiger partial charge is 0.489 e. The van der Waals surface area contributed by atoms with E-state index in [0.717, 1.165) is 54.1 Å². The molecule has 10 rings (SSSR count). The number of benzene rings is 7. The van der Waals surface area contributed by atoms with Crippen LogP contribution in [0.15, 0.2) is 229 Å². The lowest BCUT2D eigenvalue weighted by atomic mass is 9.91. The molecule has 2 aromatic heterocycles. The molecule has 24 heteroatoms. The number of hydrogen-bond donors (Lipinski definition) is 1. The van der Waals surface area contributed by atoms with Crippen LogP contribution in [-0.2, 0) is 66.0 Å². The second kappa shape index (κ2) is 26.2. The number of hydrogen-bond acceptors (Lipinski definition) is 14. The average molecular weight is 1220 g/mol. The zero-order valence-corrected chi connectivity index (χ0v) is 46.4. The van der Waals surface area contributed by atoms with E-state index in [1.165, 1.54) is 53.8 Å². The van der Waals surface area contributed by atoms with Gasteiger partial charge in [0.1, 0.15) is 43.8 Å². The molecule has 1 fully saturated rings. The highest BCUT2D eigenvalue weighted by molar-refractivity contribution is 7.91. The fourth-order valence-electron chi connectivity index (χ4n) is 9.29. The summed E-state index contributed by atoms with van der Waals surface area (Å²) in [6.07, 6.45) is -6.85. The number of carboxylic acids is 1. The van der Waals surface area contributed by atoms with E-state index < -0.39 is 79.0 Å². The van der Waals surface area contributed by atoms with Crippen molar-refractivity contribution >= 4 is 37.6 Å². The minimum absolute atomic E-state index is 0.000787. The number of aliphatic carboxylic acids is 1. The van der Waals surface area contributed by atoms with E-state index in [4.69, 9.17) is 23.3 Å². The Labute approximate surface area is 488 Å². The van der Waals surface area contributed by atoms with Gasteiger partial charge in [-0.15, -0.1) is 0 Å². The van der Waals surface area contributed by atoms with Gasteiger partial charge in [-0.2, -0.15) is 26.3 Å². The summed E-state index contributed by atoms with van der Waals surface area (Å²) in [4.78, 5) is 37.9. The summed E-state index contributed by atoms with van der Waals surface area (Å²) in [5.41, 5.74) is 2.55. The molecule has 1 aliphatic rings. The number of amides is 2. The van der Waals surface area contributed by atoms with Crippen LogP contribution in [0.1, 0.15) is 75.0 Å². The molecule has 0 aliphatic carbocycles. The topological polar surface area (TPSA) is 223 Å². The smallest absolute Gasteiger partial charge is 0.416 e. The summed E-state index contributed by atoms with van der Waals surface area (Å²) in [5.74, 6) is -1.53. The summed E-state index contributed by atoms with van der Waals surface area (Å²) < 4.78 is 156. The molecule has 0 bridgehead atoms. The third kappa shape index (κ3) is 15.0. The van der Waals surface area contributed by atoms with Crippen molar-refractivity contribution < 1.29 is 85.9 Å². The molecule has 0 saturated carbocycles. The lowest BCUT2D eigenvalue weighted by Gasteiger charge is -2.22. The van der Waals surface area contributed by atoms with Crippen LogP contribution in [0.5, 0.6) is 11.5 Å². The van der Waals surface area contributed by atoms with Crippen molar-refractivity contribution in [3.63, 3.8) is 0 Å². The number of alkyl halides is 6. The zero-order chi connectivity index (χ0) is 61.2. The standard InChI is InChI=1S/C36H29F3N2O7S.C26H20F3NO6S/c37-36(38,39)27-11-15-30(16-12-27)49(44,45)31-8-4-7-25(20-31)22-46-29-13-9-26(10-14-29)32(33-17-18-48-40-33)21-34(42)41-28(23-47-35(41)43)19-24-5-2-1-3-6-24;27-26(28,29)19-6-10-21(11-7-19)37(33,34)22-3-1-2-17(14-22)16-35-20-8-4-18(5-9-20)23(15-25(31)32)24-12-13-36-30-24/h1-18,20,28,32H,19,21-23H2;1-14,23H,15-16H2,(H,31,32)/t28-,32-;23-/m00/s1. The molecule has 0 spiro atoms. The molecule has 0 radical (unpaired) electrons. The van der Waals surface area contributed by atoms with E-state index in [2.05, 4.69) is 10.3 Å². The second-order valence-electron chi connectivity index (χ2n) is 19.5. The molecule has 3 heterocycles. The first-order valence-electron chi connectivity index (χ1n) is 26.1. The van der Waals surface area contributed by atoms with Crippen LogP contribution in [0, 0.1) is 0 Å². The normalized spacial score (nSPS) is 14.3. The highest BCUT2D eigenvalue weighted by Crippen LogP contribution is 2.35. The van der Waals surface area contributed by atoms with E-state index in [1.807, 2.05) is 30.3 Å². The van der Waals surface area contributed by atoms with Gasteiger partial charge in [-0.25, -0.2) is 26.5 Å². The maximum absolute atomic E-state index is 13.6. The molecule has 86 heavy (non-hydrogen) atoms. The van der Waals surface area contributed by atoms with Gasteiger partial charge in [0, 0.05) is 30.4 Å². The molecule has 1 saturated heterocycles. The Morgan fingerprint density at radius 2 is 0.977 bits per heavy atom. The summed E-state index contributed by atoms with van der Waals surface area (Å²) in [5, 5.41) is 17.1. The minimum atomic E-state index is -4.58. The number of cyclic esters (lactones) is 1. The summed E-state index contributed by atoms with van der Waals surface area (Å²) >= 11 is 0. The second-order valence-corrected chi connectivity index (χ2v) is 23.4. The van der Waals surface area contributed by atoms with Gasteiger partial charge >= 0.3 is 24.4 Å². The molecular weight excluding hydrogens is 1170 g/mol. The molecular formula is C62H49F6N3O13S2. The highest BCUT2D eigenvalue weighted by Gasteiger charge is 2.39. The summed E-state index contributed by atoms with van der Waals surface area (Å²) in [7, 11) is -8.12. The van der Waals surface area contributed by atoms with Gasteiger partial charge in [0.05, 0.1) is 54.6 Å². The van der Waals surface area contributed by atoms with Crippen molar-refractivity contribution in [2.24, 2.45) is 0 Å². The van der Waals surface area contributed by atoms with E-state index >= 15 is 0 Å². The van der Waals surface area contributed by atoms with Crippen LogP contribution in [0.4, 0.5) is 31.1 Å². The van der Waals surface area contributed by atoms with Gasteiger partial charge in [0.25, 0.3) is 0 Å². The van der Waals surface area contributed by atoms with E-state index in [-0.39, 0.29) is 52.2 Å². The lowest BCUT2D eigenvalue weighted by Crippen LogP contribution is -2.40. The van der Waals surface area contributed by atoms with E-state index in [1.54, 1.807) is 72.8 Å². The van der Waals surface area contributed by atoms with Gasteiger partial charge in [-0.1, -0.05) is 89.2 Å². The molecule has 0 unspecified atom stereocenters. The number of aromatic nitrogens is 2. The number of nitrogens with zero attached hydrogens (tertiary/aromatic N) is 3. The molecule has 3 atom stereocenters. The highest BCUT2D eigenvalue weighted by atomic mass is 32.2. The van der Waals surface area contributed by atoms with Crippen LogP contribution in [0.25, 0.3) is 0 Å². The van der Waals surface area contributed by atoms with Crippen LogP contribution >= 0.6 is 0 Å². The molecule has 16 nitrogen and oxygen atoms in total. The molecule has 444 valence electrons. The Hall–Kier alpha value is -9.55. The summed E-state index contributed by atoms with van der Waals surface area (Å²) in [6, 6.07) is 44.5. The fraction of sp³-hybridized carbons (Fsp3) is 0.177. The average Bonchev–Trinajstić information content (AvgIpc) is 2.46. The Balaban J connectivity index is 0.000000214. The predicted molar refractivity (Wildman–Crippen MR) is 294 cm³/mol. The third-order valence-electron chi connectivity index (χ3n) is 13.7. The third-order valence-corrected chi connectivity index (χ3v) is 17.2. The first kappa shape index (κ1) is 61.0. The SMILES string of the molecule is O=C(C[C@@H](c1ccc(OCc2cccc(S(=O)(=O)c3ccc(C(F)(F)F)cc3)c2)cc1)c1ccon1)N1C(=O)OC[C@@H]1Cc1ccccc1.O=C(O)C[C@@H](c1ccc(OCc2cccc(S(=O)(=O)c3ccc(C(F)(F)F)cc3)c2)cc1)c1ccon1. The van der Waals surface area contributed by atoms with Crippen LogP contribution in [0.2, 0.25) is 0 Å². The van der Waals surface area contributed by atoms with Gasteiger partial charge < -0.3 is 28.4 Å². The molecule has 7 aromatic carbocycles. The number of carbonyl (C=O) groups excluding carboxylic acids is 2. The van der Waals surface area contributed by atoms with Crippen LogP contribution < -0.4 is 9.47 Å². The maximum atomic E-state index is 13.6. The number of ether oxygens (including phenoxy) is 3. The van der Waals surface area contributed by atoms with Crippen LogP contribution in [-0.4, -0.2) is 67.8 Å². The number of carboxylic acid groups (broad SMARTS) is 1. The van der Waals surface area contributed by atoms with Crippen molar-refractivity contribution in [2.75, 3.05) is 6.61 Å². The van der Waals surface area contributed by atoms with Crippen molar-refractivity contribution in [3.8, 4) is 11.5 Å². The number of sulfone groups is 2. The number of rotatable bonds is 20. The summed E-state index contributed by atoms with van der Waals surface area (Å²) in [6.45, 7) is 0.127. The van der Waals surface area contributed by atoms with E-state index in [9.17, 15) is 62.7 Å². The minimum Gasteiger partial charge on any atom is -0.489 e. The van der Waals surface area contributed by atoms with Gasteiger partial charge in [0.15, 0.2) is 0 Å². The van der Waals surface area contributed by atoms with Crippen molar-refractivity contribution in [3.05, 3.63) is 251 Å². The van der Waals surface area contributed by atoms with Gasteiger partial charge in [0.2, 0.25) is 25.6 Å². The van der Waals surface area contributed by atoms with Gasteiger partial charge in [-0.05, 0) is 131 Å². The number of imide groups is 1. The Kier molecular flexibility index (Phi) is 18.6. The predicted octanol–water partition coefficient (Wildman–Crippen LogP) is 12.9. The number of carbonyl (C=O) groups is 3. The molecule has 2 amide bonds. The number of halogens is 6.